The fourth-order valence-electron chi connectivity index (χ4n) is 1.59. The smallest absolute Gasteiger partial charge is 0.207 e. The Hall–Kier alpha value is -1.53. The van der Waals surface area contributed by atoms with E-state index in [1.807, 2.05) is 11.4 Å². The van der Waals surface area contributed by atoms with Crippen LogP contribution in [-0.4, -0.2) is 20.4 Å². The lowest BCUT2D eigenvalue weighted by Gasteiger charge is -1.96. The monoisotopic (exact) mass is 307 g/mol. The Balaban J connectivity index is 2.17. The molecule has 3 aromatic heterocycles. The highest BCUT2D eigenvalue weighted by Gasteiger charge is 2.18. The molecule has 17 heavy (non-hydrogen) atoms. The molecule has 0 spiro atoms. The van der Waals surface area contributed by atoms with Gasteiger partial charge in [0.05, 0.1) is 28.4 Å². The molecule has 0 amide bonds. The summed E-state index contributed by atoms with van der Waals surface area (Å²) < 4.78 is 2.46. The van der Waals surface area contributed by atoms with Gasteiger partial charge in [-0.15, -0.1) is 11.3 Å². The number of thiophene rings is 1. The largest absolute Gasteiger partial charge is 0.288 e. The maximum atomic E-state index is 12.3. The maximum Gasteiger partial charge on any atom is 0.207 e. The molecule has 0 bridgehead atoms. The van der Waals surface area contributed by atoms with Crippen LogP contribution in [-0.2, 0) is 0 Å². The van der Waals surface area contributed by atoms with Crippen molar-refractivity contribution in [3.05, 3.63) is 51.1 Å². The highest BCUT2D eigenvalue weighted by molar-refractivity contribution is 9.10. The topological polar surface area (TPSA) is 47.3 Å². The molecule has 4 nitrogen and oxygen atoms in total. The second-order valence-electron chi connectivity index (χ2n) is 3.39. The summed E-state index contributed by atoms with van der Waals surface area (Å²) in [6, 6.07) is 1.86. The molecule has 0 atom stereocenters. The van der Waals surface area contributed by atoms with Crippen LogP contribution in [0.1, 0.15) is 15.2 Å². The van der Waals surface area contributed by atoms with Crippen LogP contribution in [0.25, 0.3) is 5.52 Å². The lowest BCUT2D eigenvalue weighted by Crippen LogP contribution is -1.99. The third kappa shape index (κ3) is 1.69. The fraction of sp³-hybridized carbons (Fsp3) is 0. The molecular weight excluding hydrogens is 302 g/mol. The number of halogens is 1. The van der Waals surface area contributed by atoms with E-state index in [1.165, 1.54) is 11.3 Å². The summed E-state index contributed by atoms with van der Waals surface area (Å²) in [6.45, 7) is 0. The van der Waals surface area contributed by atoms with E-state index >= 15 is 0 Å². The van der Waals surface area contributed by atoms with Crippen molar-refractivity contribution in [2.45, 2.75) is 0 Å². The zero-order chi connectivity index (χ0) is 11.8. The number of hydrogen-bond donors (Lipinski definition) is 0. The summed E-state index contributed by atoms with van der Waals surface area (Å²) >= 11 is 4.77. The third-order valence-corrected chi connectivity index (χ3v) is 4.23. The van der Waals surface area contributed by atoms with Crippen LogP contribution in [0.5, 0.6) is 0 Å². The number of fused-ring (bicyclic) bond motifs is 1. The summed E-state index contributed by atoms with van der Waals surface area (Å²) in [6.07, 6.45) is 6.57. The molecule has 3 heterocycles. The number of nitrogens with zero attached hydrogens (tertiary/aromatic N) is 3. The van der Waals surface area contributed by atoms with Crippen molar-refractivity contribution in [1.29, 1.82) is 0 Å². The molecule has 0 saturated carbocycles. The van der Waals surface area contributed by atoms with Gasteiger partial charge in [-0.1, -0.05) is 0 Å². The Morgan fingerprint density at radius 1 is 1.41 bits per heavy atom. The van der Waals surface area contributed by atoms with E-state index in [0.29, 0.717) is 10.4 Å². The molecule has 3 aromatic rings. The number of ketones is 1. The van der Waals surface area contributed by atoms with Crippen molar-refractivity contribution < 1.29 is 4.79 Å². The molecule has 84 valence electrons. The molecule has 0 radical (unpaired) electrons. The van der Waals surface area contributed by atoms with Gasteiger partial charge in [0, 0.05) is 16.9 Å². The minimum atomic E-state index is -0.0325. The predicted octanol–water partition coefficient (Wildman–Crippen LogP) is 2.78. The first-order valence-corrected chi connectivity index (χ1v) is 6.49. The van der Waals surface area contributed by atoms with Crippen molar-refractivity contribution in [1.82, 2.24) is 14.6 Å². The average molecular weight is 308 g/mol. The lowest BCUT2D eigenvalue weighted by atomic mass is 10.1. The number of hydrogen-bond acceptors (Lipinski definition) is 4. The van der Waals surface area contributed by atoms with Crippen LogP contribution in [0.3, 0.4) is 0 Å². The van der Waals surface area contributed by atoms with Crippen molar-refractivity contribution in [3.63, 3.8) is 0 Å². The Labute approximate surface area is 109 Å². The van der Waals surface area contributed by atoms with E-state index in [-0.39, 0.29) is 5.78 Å². The van der Waals surface area contributed by atoms with Gasteiger partial charge in [-0.05, 0) is 27.4 Å². The van der Waals surface area contributed by atoms with Crippen molar-refractivity contribution >= 4 is 38.6 Å². The lowest BCUT2D eigenvalue weighted by molar-refractivity contribution is 0.104. The SMILES string of the molecule is O=C(c1sccc1Br)c1cnn2ccncc12. The van der Waals surface area contributed by atoms with Crippen LogP contribution in [0.4, 0.5) is 0 Å². The summed E-state index contributed by atoms with van der Waals surface area (Å²) in [5.74, 6) is -0.0325. The van der Waals surface area contributed by atoms with Crippen LogP contribution in [0.2, 0.25) is 0 Å². The molecule has 6 heteroatoms. The van der Waals surface area contributed by atoms with Gasteiger partial charge >= 0.3 is 0 Å². The highest BCUT2D eigenvalue weighted by Crippen LogP contribution is 2.26. The van der Waals surface area contributed by atoms with E-state index in [4.69, 9.17) is 0 Å². The average Bonchev–Trinajstić information content (AvgIpc) is 2.94. The van der Waals surface area contributed by atoms with Crippen LogP contribution < -0.4 is 0 Å². The predicted molar refractivity (Wildman–Crippen MR) is 68.4 cm³/mol. The second-order valence-corrected chi connectivity index (χ2v) is 5.16. The van der Waals surface area contributed by atoms with Crippen molar-refractivity contribution in [3.8, 4) is 0 Å². The molecule has 0 saturated heterocycles. The molecule has 0 fully saturated rings. The van der Waals surface area contributed by atoms with E-state index < -0.39 is 0 Å². The van der Waals surface area contributed by atoms with Gasteiger partial charge in [0.1, 0.15) is 0 Å². The van der Waals surface area contributed by atoms with Crippen LogP contribution in [0.15, 0.2) is 40.7 Å². The molecule has 0 aromatic carbocycles. The number of aromatic nitrogens is 3. The normalized spacial score (nSPS) is 10.9. The third-order valence-electron chi connectivity index (χ3n) is 2.39. The number of carbonyl (C=O) groups excluding carboxylic acids is 1. The summed E-state index contributed by atoms with van der Waals surface area (Å²) in [7, 11) is 0. The molecule has 0 aliphatic carbocycles. The first-order valence-electron chi connectivity index (χ1n) is 4.82. The molecule has 0 unspecified atom stereocenters. The van der Waals surface area contributed by atoms with Gasteiger partial charge in [0.25, 0.3) is 0 Å². The molecule has 0 aliphatic rings. The van der Waals surface area contributed by atoms with E-state index in [1.54, 1.807) is 29.3 Å². The molecular formula is C11H6BrN3OS. The zero-order valence-electron chi connectivity index (χ0n) is 8.50. The second kappa shape index (κ2) is 4.05. The van der Waals surface area contributed by atoms with Crippen LogP contribution in [0, 0.1) is 0 Å². The van der Waals surface area contributed by atoms with Gasteiger partial charge in [0.15, 0.2) is 0 Å². The maximum absolute atomic E-state index is 12.3. The van der Waals surface area contributed by atoms with Gasteiger partial charge in [-0.3, -0.25) is 9.78 Å². The summed E-state index contributed by atoms with van der Waals surface area (Å²) in [5.41, 5.74) is 1.29. The molecule has 3 rings (SSSR count). The van der Waals surface area contributed by atoms with E-state index in [9.17, 15) is 4.79 Å². The number of carbonyl (C=O) groups is 1. The summed E-state index contributed by atoms with van der Waals surface area (Å²) in [4.78, 5) is 17.0. The van der Waals surface area contributed by atoms with Crippen molar-refractivity contribution in [2.24, 2.45) is 0 Å². The Bertz CT molecular complexity index is 703. The van der Waals surface area contributed by atoms with Gasteiger partial charge in [-0.25, -0.2) is 4.52 Å². The Morgan fingerprint density at radius 2 is 2.29 bits per heavy atom. The standard InChI is InChI=1S/C11H6BrN3OS/c12-8-1-4-17-11(8)10(16)7-5-14-15-3-2-13-6-9(7)15/h1-6H. The highest BCUT2D eigenvalue weighted by atomic mass is 79.9. The first kappa shape index (κ1) is 10.6. The fourth-order valence-corrected chi connectivity index (χ4v) is 3.09. The minimum absolute atomic E-state index is 0.0325. The quantitative estimate of drug-likeness (QED) is 0.684. The molecule has 0 aliphatic heterocycles. The van der Waals surface area contributed by atoms with E-state index in [2.05, 4.69) is 26.0 Å². The van der Waals surface area contributed by atoms with Gasteiger partial charge < -0.3 is 0 Å². The Kier molecular flexibility index (Phi) is 2.53. The molecule has 0 N–H and O–H groups in total. The van der Waals surface area contributed by atoms with Gasteiger partial charge in [0.2, 0.25) is 5.78 Å². The van der Waals surface area contributed by atoms with Crippen LogP contribution >= 0.6 is 27.3 Å². The Morgan fingerprint density at radius 3 is 3.06 bits per heavy atom. The van der Waals surface area contributed by atoms with Gasteiger partial charge in [-0.2, -0.15) is 5.10 Å². The van der Waals surface area contributed by atoms with Crippen molar-refractivity contribution in [2.75, 3.05) is 0 Å². The zero-order valence-corrected chi connectivity index (χ0v) is 10.9. The van der Waals surface area contributed by atoms with E-state index in [0.717, 1.165) is 9.99 Å². The summed E-state index contributed by atoms with van der Waals surface area (Å²) in [5, 5.41) is 6.00. The first-order chi connectivity index (χ1) is 8.27. The minimum Gasteiger partial charge on any atom is -0.288 e. The number of rotatable bonds is 2.